The Morgan fingerprint density at radius 2 is 1.92 bits per heavy atom. The van der Waals surface area contributed by atoms with Gasteiger partial charge in [0.2, 0.25) is 5.91 Å². The number of carbonyl (C=O) groups excluding carboxylic acids is 1. The van der Waals surface area contributed by atoms with Gasteiger partial charge in [0.05, 0.1) is 18.7 Å². The van der Waals surface area contributed by atoms with Crippen LogP contribution in [0.4, 0.5) is 5.69 Å². The molecule has 0 aliphatic carbocycles. The van der Waals surface area contributed by atoms with E-state index in [0.717, 1.165) is 11.3 Å². The summed E-state index contributed by atoms with van der Waals surface area (Å²) < 4.78 is 0. The molecule has 0 saturated carbocycles. The largest absolute Gasteiger partial charge is 0.481 e. The predicted octanol–water partition coefficient (Wildman–Crippen LogP) is 2.59. The van der Waals surface area contributed by atoms with E-state index in [1.54, 1.807) is 17.0 Å². The third-order valence-electron chi connectivity index (χ3n) is 4.75. The lowest BCUT2D eigenvalue weighted by Gasteiger charge is -2.37. The average Bonchev–Trinajstić information content (AvgIpc) is 3.04. The molecule has 2 heterocycles. The molecule has 0 unspecified atom stereocenters. The van der Waals surface area contributed by atoms with Gasteiger partial charge in [0, 0.05) is 38.8 Å². The fourth-order valence-corrected chi connectivity index (χ4v) is 3.21. The molecule has 1 spiro atoms. The van der Waals surface area contributed by atoms with Crippen molar-refractivity contribution < 1.29 is 19.5 Å². The van der Waals surface area contributed by atoms with Gasteiger partial charge in [-0.05, 0) is 5.56 Å². The summed E-state index contributed by atoms with van der Waals surface area (Å²) >= 11 is 0. The predicted molar refractivity (Wildman–Crippen MR) is 90.4 cm³/mol. The van der Waals surface area contributed by atoms with Crippen molar-refractivity contribution in [3.63, 3.8) is 0 Å². The van der Waals surface area contributed by atoms with E-state index in [2.05, 4.69) is 10.0 Å². The Balaban J connectivity index is 1.55. The third-order valence-corrected chi connectivity index (χ3v) is 4.75. The maximum absolute atomic E-state index is 12.0. The fourth-order valence-electron chi connectivity index (χ4n) is 3.21. The minimum Gasteiger partial charge on any atom is -0.481 e. The first-order valence-electron chi connectivity index (χ1n) is 8.24. The Morgan fingerprint density at radius 3 is 2.52 bits per heavy atom. The number of hydrogen-bond donors (Lipinski definition) is 1. The maximum Gasteiger partial charge on any atom is 0.303 e. The second kappa shape index (κ2) is 6.93. The lowest BCUT2D eigenvalue weighted by Crippen LogP contribution is -2.46. The zero-order chi connectivity index (χ0) is 17.9. The van der Waals surface area contributed by atoms with Crippen molar-refractivity contribution >= 4 is 23.3 Å². The van der Waals surface area contributed by atoms with Crippen molar-refractivity contribution in [1.29, 1.82) is 0 Å². The molecule has 130 valence electrons. The number of benzene rings is 1. The van der Waals surface area contributed by atoms with Crippen LogP contribution in [0.1, 0.15) is 37.7 Å². The van der Waals surface area contributed by atoms with Crippen LogP contribution in [0.25, 0.3) is 4.85 Å². The molecule has 1 aromatic carbocycles. The summed E-state index contributed by atoms with van der Waals surface area (Å²) in [5, 5.41) is 12.9. The van der Waals surface area contributed by atoms with E-state index in [4.69, 9.17) is 16.5 Å². The van der Waals surface area contributed by atoms with Gasteiger partial charge in [-0.2, -0.15) is 0 Å². The summed E-state index contributed by atoms with van der Waals surface area (Å²) in [5.74, 6) is -1.07. The molecule has 1 amide bonds. The second-order valence-electron chi connectivity index (χ2n) is 6.42. The normalized spacial score (nSPS) is 18.4. The van der Waals surface area contributed by atoms with Crippen LogP contribution in [0.5, 0.6) is 0 Å². The van der Waals surface area contributed by atoms with E-state index in [9.17, 15) is 9.59 Å². The van der Waals surface area contributed by atoms with Crippen molar-refractivity contribution in [2.24, 2.45) is 5.16 Å². The zero-order valence-electron chi connectivity index (χ0n) is 13.8. The molecule has 1 aromatic rings. The molecule has 1 saturated heterocycles. The topological polar surface area (TPSA) is 83.6 Å². The highest BCUT2D eigenvalue weighted by molar-refractivity contribution is 6.01. The van der Waals surface area contributed by atoms with Crippen LogP contribution in [-0.4, -0.2) is 46.3 Å². The molecule has 25 heavy (non-hydrogen) atoms. The van der Waals surface area contributed by atoms with Crippen LogP contribution in [0, 0.1) is 6.57 Å². The van der Waals surface area contributed by atoms with E-state index in [0.29, 0.717) is 38.0 Å². The lowest BCUT2D eigenvalue weighted by atomic mass is 9.85. The Kier molecular flexibility index (Phi) is 4.70. The van der Waals surface area contributed by atoms with Gasteiger partial charge in [-0.15, -0.1) is 0 Å². The molecule has 2 aliphatic heterocycles. The molecule has 1 fully saturated rings. The minimum atomic E-state index is -0.955. The number of likely N-dealkylation sites (tertiary alicyclic amines) is 1. The highest BCUT2D eigenvalue weighted by atomic mass is 16.7. The van der Waals surface area contributed by atoms with Crippen LogP contribution in [-0.2, 0) is 14.4 Å². The standard InChI is InChI=1S/C18H19N3O4/c1-19-14-4-2-13(3-5-14)15-12-18(25-20-15)8-10-21(11-9-18)16(22)6-7-17(23)24/h2-5H,6-12H2,(H,23,24). The van der Waals surface area contributed by atoms with Gasteiger partial charge < -0.3 is 14.8 Å². The first-order valence-corrected chi connectivity index (χ1v) is 8.24. The summed E-state index contributed by atoms with van der Waals surface area (Å²) in [6, 6.07) is 7.28. The van der Waals surface area contributed by atoms with Crippen LogP contribution < -0.4 is 0 Å². The molecule has 0 atom stereocenters. The summed E-state index contributed by atoms with van der Waals surface area (Å²) in [4.78, 5) is 33.4. The lowest BCUT2D eigenvalue weighted by molar-refractivity contribution is -0.143. The summed E-state index contributed by atoms with van der Waals surface area (Å²) in [6.45, 7) is 8.10. The smallest absolute Gasteiger partial charge is 0.303 e. The molecular weight excluding hydrogens is 322 g/mol. The number of nitrogens with zero attached hydrogens (tertiary/aromatic N) is 3. The van der Waals surface area contributed by atoms with E-state index < -0.39 is 5.97 Å². The number of carboxylic acids is 1. The number of oxime groups is 1. The first-order chi connectivity index (χ1) is 12.0. The summed E-state index contributed by atoms with van der Waals surface area (Å²) in [6.07, 6.45) is 1.95. The number of carboxylic acid groups (broad SMARTS) is 1. The number of rotatable bonds is 4. The molecule has 7 nitrogen and oxygen atoms in total. The van der Waals surface area contributed by atoms with Gasteiger partial charge in [0.15, 0.2) is 5.69 Å². The van der Waals surface area contributed by atoms with Crippen LogP contribution in [0.2, 0.25) is 0 Å². The van der Waals surface area contributed by atoms with E-state index in [1.165, 1.54) is 0 Å². The highest BCUT2D eigenvalue weighted by Crippen LogP contribution is 2.36. The molecule has 0 aromatic heterocycles. The van der Waals surface area contributed by atoms with E-state index >= 15 is 0 Å². The van der Waals surface area contributed by atoms with Gasteiger partial charge in [-0.3, -0.25) is 9.59 Å². The summed E-state index contributed by atoms with van der Waals surface area (Å²) in [7, 11) is 0. The second-order valence-corrected chi connectivity index (χ2v) is 6.42. The number of piperidine rings is 1. The van der Waals surface area contributed by atoms with Gasteiger partial charge >= 0.3 is 5.97 Å². The number of amides is 1. The Labute approximate surface area is 145 Å². The van der Waals surface area contributed by atoms with Gasteiger partial charge in [-0.25, -0.2) is 4.85 Å². The number of carbonyl (C=O) groups is 2. The summed E-state index contributed by atoms with van der Waals surface area (Å²) in [5.41, 5.74) is 2.02. The Bertz CT molecular complexity index is 741. The Morgan fingerprint density at radius 1 is 1.24 bits per heavy atom. The monoisotopic (exact) mass is 341 g/mol. The van der Waals surface area contributed by atoms with E-state index in [1.807, 2.05) is 12.1 Å². The van der Waals surface area contributed by atoms with Crippen molar-refractivity contribution in [3.8, 4) is 0 Å². The Hall–Kier alpha value is -2.88. The maximum atomic E-state index is 12.0. The van der Waals surface area contributed by atoms with Gasteiger partial charge in [-0.1, -0.05) is 29.4 Å². The van der Waals surface area contributed by atoms with Crippen molar-refractivity contribution in [2.45, 2.75) is 37.7 Å². The third kappa shape index (κ3) is 3.79. The number of hydrogen-bond acceptors (Lipinski definition) is 4. The number of aliphatic carboxylic acids is 1. The fraction of sp³-hybridized carbons (Fsp3) is 0.444. The van der Waals surface area contributed by atoms with Crippen molar-refractivity contribution in [2.75, 3.05) is 13.1 Å². The van der Waals surface area contributed by atoms with Crippen molar-refractivity contribution in [3.05, 3.63) is 41.2 Å². The molecular formula is C18H19N3O4. The first kappa shape index (κ1) is 17.0. The molecule has 2 aliphatic rings. The highest BCUT2D eigenvalue weighted by Gasteiger charge is 2.43. The quantitative estimate of drug-likeness (QED) is 0.853. The molecule has 7 heteroatoms. The van der Waals surface area contributed by atoms with Crippen LogP contribution >= 0.6 is 0 Å². The van der Waals surface area contributed by atoms with Crippen LogP contribution in [0.15, 0.2) is 29.4 Å². The minimum absolute atomic E-state index is 0.0400. The van der Waals surface area contributed by atoms with E-state index in [-0.39, 0.29) is 24.3 Å². The van der Waals surface area contributed by atoms with Crippen molar-refractivity contribution in [1.82, 2.24) is 4.90 Å². The molecule has 0 bridgehead atoms. The molecule has 0 radical (unpaired) electrons. The van der Waals surface area contributed by atoms with Crippen LogP contribution in [0.3, 0.4) is 0 Å². The zero-order valence-corrected chi connectivity index (χ0v) is 13.8. The average molecular weight is 341 g/mol. The van der Waals surface area contributed by atoms with Gasteiger partial charge in [0.1, 0.15) is 5.60 Å². The molecule has 1 N–H and O–H groups in total. The molecule has 3 rings (SSSR count). The SMILES string of the molecule is [C-]#[N+]c1ccc(C2=NOC3(CCN(C(=O)CCC(=O)O)CC3)C2)cc1. The van der Waals surface area contributed by atoms with Gasteiger partial charge in [0.25, 0.3) is 0 Å².